The van der Waals surface area contributed by atoms with Crippen molar-refractivity contribution >= 4 is 40.3 Å². The molecule has 1 aliphatic heterocycles. The van der Waals surface area contributed by atoms with Gasteiger partial charge in [0.15, 0.2) is 11.2 Å². The number of piperazine rings is 1. The molecular formula is C21H23ClFN7O4. The molecule has 0 bridgehead atoms. The Morgan fingerprint density at radius 3 is 2.47 bits per heavy atom. The number of imidazole rings is 1. The molecule has 0 spiro atoms. The minimum atomic E-state index is -0.584. The van der Waals surface area contributed by atoms with Crippen molar-refractivity contribution in [2.24, 2.45) is 14.1 Å². The van der Waals surface area contributed by atoms with Gasteiger partial charge in [-0.15, -0.1) is 0 Å². The predicted octanol–water partition coefficient (Wildman–Crippen LogP) is 0.00910. The van der Waals surface area contributed by atoms with Crippen molar-refractivity contribution in [2.75, 3.05) is 38.0 Å². The number of aryl methyl sites for hydroxylation is 1. The number of halogens is 2. The van der Waals surface area contributed by atoms with Crippen molar-refractivity contribution in [3.8, 4) is 0 Å². The van der Waals surface area contributed by atoms with Crippen molar-refractivity contribution in [3.63, 3.8) is 0 Å². The number of nitrogens with one attached hydrogen (secondary N) is 1. The smallest absolute Gasteiger partial charge is 0.332 e. The molecule has 2 aromatic heterocycles. The molecule has 1 fully saturated rings. The zero-order chi connectivity index (χ0) is 24.6. The van der Waals surface area contributed by atoms with Crippen molar-refractivity contribution in [3.05, 3.63) is 56.2 Å². The summed E-state index contributed by atoms with van der Waals surface area (Å²) in [4.78, 5) is 57.5. The minimum Gasteiger partial charge on any atom is -0.339 e. The Bertz CT molecular complexity index is 1390. The standard InChI is InChI=1S/C21H23ClFN7O4/c1-26-18-17(19(33)27(2)21(26)34)30(20(22)25-18)12-16(32)29-8-6-28(7-9-29)11-15(31)24-14-5-3-4-13(23)10-14/h3-5,10H,6-9,11-12H2,1-2H3,(H,24,31). The summed E-state index contributed by atoms with van der Waals surface area (Å²) in [6, 6.07) is 5.66. The molecule has 1 aromatic carbocycles. The van der Waals surface area contributed by atoms with Crippen molar-refractivity contribution in [1.82, 2.24) is 28.5 Å². The number of benzene rings is 1. The first-order chi connectivity index (χ1) is 16.2. The van der Waals surface area contributed by atoms with Crippen LogP contribution in [0.2, 0.25) is 5.28 Å². The summed E-state index contributed by atoms with van der Waals surface area (Å²) in [6.45, 7) is 1.61. The van der Waals surface area contributed by atoms with E-state index in [1.165, 1.54) is 41.4 Å². The van der Waals surface area contributed by atoms with Crippen LogP contribution in [0.25, 0.3) is 11.2 Å². The third kappa shape index (κ3) is 4.59. The van der Waals surface area contributed by atoms with Gasteiger partial charge in [0.1, 0.15) is 12.4 Å². The van der Waals surface area contributed by atoms with Gasteiger partial charge in [-0.25, -0.2) is 9.18 Å². The minimum absolute atomic E-state index is 0.0608. The lowest BCUT2D eigenvalue weighted by Gasteiger charge is -2.34. The number of carbonyl (C=O) groups excluding carboxylic acids is 2. The fourth-order valence-corrected chi connectivity index (χ4v) is 4.15. The Morgan fingerprint density at radius 2 is 1.79 bits per heavy atom. The zero-order valence-corrected chi connectivity index (χ0v) is 19.4. The number of amides is 2. The van der Waals surface area contributed by atoms with Gasteiger partial charge in [-0.1, -0.05) is 6.07 Å². The molecule has 1 saturated heterocycles. The van der Waals surface area contributed by atoms with E-state index in [0.29, 0.717) is 31.9 Å². The lowest BCUT2D eigenvalue weighted by atomic mass is 10.3. The van der Waals surface area contributed by atoms with Crippen LogP contribution in [0.4, 0.5) is 10.1 Å². The fourth-order valence-electron chi connectivity index (χ4n) is 3.92. The normalized spacial score (nSPS) is 14.5. The molecule has 1 N–H and O–H groups in total. The van der Waals surface area contributed by atoms with Gasteiger partial charge in [0, 0.05) is 46.0 Å². The molecule has 180 valence electrons. The topological polar surface area (TPSA) is 114 Å². The Labute approximate surface area is 197 Å². The molecule has 34 heavy (non-hydrogen) atoms. The maximum Gasteiger partial charge on any atom is 0.332 e. The van der Waals surface area contributed by atoms with E-state index in [-0.39, 0.29) is 41.4 Å². The molecule has 2 amide bonds. The van der Waals surface area contributed by atoms with Crippen LogP contribution in [0.3, 0.4) is 0 Å². The lowest BCUT2D eigenvalue weighted by Crippen LogP contribution is -2.51. The second-order valence-electron chi connectivity index (χ2n) is 8.06. The number of aromatic nitrogens is 4. The number of anilines is 1. The zero-order valence-electron chi connectivity index (χ0n) is 18.6. The third-order valence-corrected chi connectivity index (χ3v) is 6.08. The van der Waals surface area contributed by atoms with Crippen LogP contribution in [-0.2, 0) is 30.2 Å². The van der Waals surface area contributed by atoms with E-state index in [0.717, 1.165) is 4.57 Å². The lowest BCUT2D eigenvalue weighted by molar-refractivity contribution is -0.133. The van der Waals surface area contributed by atoms with E-state index < -0.39 is 17.1 Å². The summed E-state index contributed by atoms with van der Waals surface area (Å²) < 4.78 is 16.7. The van der Waals surface area contributed by atoms with E-state index in [9.17, 15) is 23.6 Å². The quantitative estimate of drug-likeness (QED) is 0.503. The van der Waals surface area contributed by atoms with E-state index in [2.05, 4.69) is 10.3 Å². The van der Waals surface area contributed by atoms with Crippen LogP contribution in [0.1, 0.15) is 0 Å². The Hall–Kier alpha value is -3.51. The molecule has 3 heterocycles. The highest BCUT2D eigenvalue weighted by Gasteiger charge is 2.25. The third-order valence-electron chi connectivity index (χ3n) is 5.80. The summed E-state index contributed by atoms with van der Waals surface area (Å²) in [7, 11) is 2.82. The summed E-state index contributed by atoms with van der Waals surface area (Å²) in [5, 5.41) is 2.59. The molecule has 0 aliphatic carbocycles. The van der Waals surface area contributed by atoms with Crippen molar-refractivity contribution in [2.45, 2.75) is 6.54 Å². The van der Waals surface area contributed by atoms with Crippen LogP contribution in [0.5, 0.6) is 0 Å². The van der Waals surface area contributed by atoms with Gasteiger partial charge >= 0.3 is 5.69 Å². The predicted molar refractivity (Wildman–Crippen MR) is 123 cm³/mol. The highest BCUT2D eigenvalue weighted by atomic mass is 35.5. The second-order valence-corrected chi connectivity index (χ2v) is 8.40. The largest absolute Gasteiger partial charge is 0.339 e. The molecule has 11 nitrogen and oxygen atoms in total. The molecule has 1 aliphatic rings. The summed E-state index contributed by atoms with van der Waals surface area (Å²) in [5.41, 5.74) is -0.551. The number of nitrogens with zero attached hydrogens (tertiary/aromatic N) is 6. The van der Waals surface area contributed by atoms with E-state index in [1.807, 2.05) is 4.90 Å². The molecule has 0 saturated carbocycles. The SMILES string of the molecule is Cn1c(=O)c2c(nc(Cl)n2CC(=O)N2CCN(CC(=O)Nc3cccc(F)c3)CC2)n(C)c1=O. The molecule has 0 radical (unpaired) electrons. The first kappa shape index (κ1) is 23.6. The maximum atomic E-state index is 13.3. The van der Waals surface area contributed by atoms with E-state index >= 15 is 0 Å². The molecule has 0 atom stereocenters. The van der Waals surface area contributed by atoms with Gasteiger partial charge in [-0.05, 0) is 29.8 Å². The highest BCUT2D eigenvalue weighted by molar-refractivity contribution is 6.29. The number of hydrogen-bond acceptors (Lipinski definition) is 6. The number of carbonyl (C=O) groups is 2. The van der Waals surface area contributed by atoms with Crippen LogP contribution >= 0.6 is 11.6 Å². The van der Waals surface area contributed by atoms with Crippen LogP contribution < -0.4 is 16.6 Å². The van der Waals surface area contributed by atoms with Gasteiger partial charge in [0.25, 0.3) is 5.56 Å². The van der Waals surface area contributed by atoms with Gasteiger partial charge in [-0.3, -0.25) is 33.0 Å². The van der Waals surface area contributed by atoms with Gasteiger partial charge in [0.05, 0.1) is 6.54 Å². The molecule has 0 unspecified atom stereocenters. The Morgan fingerprint density at radius 1 is 1.09 bits per heavy atom. The maximum absolute atomic E-state index is 13.3. The fraction of sp³-hybridized carbons (Fsp3) is 0.381. The molecular weight excluding hydrogens is 469 g/mol. The average molecular weight is 492 g/mol. The van der Waals surface area contributed by atoms with E-state index in [1.54, 1.807) is 11.0 Å². The van der Waals surface area contributed by atoms with Gasteiger partial charge in [-0.2, -0.15) is 4.98 Å². The molecule has 13 heteroatoms. The van der Waals surface area contributed by atoms with E-state index in [4.69, 9.17) is 11.6 Å². The van der Waals surface area contributed by atoms with Crippen LogP contribution in [0.15, 0.2) is 33.9 Å². The Kier molecular flexibility index (Phi) is 6.53. The van der Waals surface area contributed by atoms with Gasteiger partial charge < -0.3 is 10.2 Å². The summed E-state index contributed by atoms with van der Waals surface area (Å²) in [5.74, 6) is -0.972. The summed E-state index contributed by atoms with van der Waals surface area (Å²) in [6.07, 6.45) is 0. The van der Waals surface area contributed by atoms with Gasteiger partial charge in [0.2, 0.25) is 17.1 Å². The molecule has 4 rings (SSSR count). The van der Waals surface area contributed by atoms with Crippen LogP contribution in [0, 0.1) is 5.82 Å². The highest BCUT2D eigenvalue weighted by Crippen LogP contribution is 2.16. The van der Waals surface area contributed by atoms with Crippen LogP contribution in [-0.4, -0.2) is 73.0 Å². The first-order valence-electron chi connectivity index (χ1n) is 10.5. The Balaban J connectivity index is 1.38. The number of fused-ring (bicyclic) bond motifs is 1. The van der Waals surface area contributed by atoms with Crippen molar-refractivity contribution < 1.29 is 14.0 Å². The monoisotopic (exact) mass is 491 g/mol. The second kappa shape index (κ2) is 9.39. The number of hydrogen-bond donors (Lipinski definition) is 1. The first-order valence-corrected chi connectivity index (χ1v) is 10.9. The average Bonchev–Trinajstić information content (AvgIpc) is 3.12. The van der Waals surface area contributed by atoms with Crippen molar-refractivity contribution in [1.29, 1.82) is 0 Å². The summed E-state index contributed by atoms with van der Waals surface area (Å²) >= 11 is 6.20. The number of rotatable bonds is 5. The molecule has 3 aromatic rings.